The summed E-state index contributed by atoms with van der Waals surface area (Å²) in [5.74, 6) is 0.828. The summed E-state index contributed by atoms with van der Waals surface area (Å²) in [5, 5.41) is 12.2. The highest BCUT2D eigenvalue weighted by atomic mass is 16.3. The zero-order valence-electron chi connectivity index (χ0n) is 15.2. The summed E-state index contributed by atoms with van der Waals surface area (Å²) in [6, 6.07) is 3.72. The molecule has 5 heteroatoms. The molecular formula is C19H31N3O2. The van der Waals surface area contributed by atoms with Crippen molar-refractivity contribution in [3.63, 3.8) is 0 Å². The Morgan fingerprint density at radius 3 is 2.42 bits per heavy atom. The monoisotopic (exact) mass is 333 g/mol. The van der Waals surface area contributed by atoms with Crippen LogP contribution >= 0.6 is 0 Å². The van der Waals surface area contributed by atoms with Crippen LogP contribution in [-0.2, 0) is 0 Å². The first-order valence-corrected chi connectivity index (χ1v) is 9.04. The van der Waals surface area contributed by atoms with Crippen molar-refractivity contribution in [3.05, 3.63) is 23.9 Å². The molecule has 0 aliphatic carbocycles. The molecule has 24 heavy (non-hydrogen) atoms. The SMILES string of the molecule is CC(C)(C)C(CCO)NC(=O)c1ccc(N2CCCCCC2)nc1. The van der Waals surface area contributed by atoms with Crippen LogP contribution in [0.2, 0.25) is 0 Å². The van der Waals surface area contributed by atoms with E-state index in [1.807, 2.05) is 12.1 Å². The lowest BCUT2D eigenvalue weighted by atomic mass is 9.85. The van der Waals surface area contributed by atoms with Gasteiger partial charge in [0.15, 0.2) is 0 Å². The number of nitrogens with one attached hydrogen (secondary N) is 1. The van der Waals surface area contributed by atoms with Crippen LogP contribution in [0.25, 0.3) is 0 Å². The Labute approximate surface area is 145 Å². The van der Waals surface area contributed by atoms with Crippen LogP contribution in [0, 0.1) is 5.41 Å². The molecular weight excluding hydrogens is 302 g/mol. The van der Waals surface area contributed by atoms with Crippen molar-refractivity contribution in [3.8, 4) is 0 Å². The molecule has 1 aliphatic heterocycles. The van der Waals surface area contributed by atoms with E-state index in [0.29, 0.717) is 12.0 Å². The number of pyridine rings is 1. The molecule has 0 saturated carbocycles. The van der Waals surface area contributed by atoms with E-state index in [4.69, 9.17) is 0 Å². The minimum absolute atomic E-state index is 0.0639. The maximum absolute atomic E-state index is 12.5. The molecule has 5 nitrogen and oxygen atoms in total. The number of hydrogen-bond acceptors (Lipinski definition) is 4. The Morgan fingerprint density at radius 1 is 1.25 bits per heavy atom. The summed E-state index contributed by atoms with van der Waals surface area (Å²) in [6.45, 7) is 8.34. The molecule has 1 unspecified atom stereocenters. The molecule has 1 aromatic heterocycles. The first kappa shape index (κ1) is 18.7. The van der Waals surface area contributed by atoms with Gasteiger partial charge < -0.3 is 15.3 Å². The summed E-state index contributed by atoms with van der Waals surface area (Å²) in [7, 11) is 0. The Bertz CT molecular complexity index is 514. The van der Waals surface area contributed by atoms with Gasteiger partial charge in [0.1, 0.15) is 5.82 Å². The van der Waals surface area contributed by atoms with E-state index in [1.165, 1.54) is 25.7 Å². The van der Waals surface area contributed by atoms with Gasteiger partial charge in [-0.25, -0.2) is 4.98 Å². The van der Waals surface area contributed by atoms with Crippen LogP contribution in [0.1, 0.15) is 63.2 Å². The van der Waals surface area contributed by atoms with Crippen molar-refractivity contribution in [2.24, 2.45) is 5.41 Å². The number of rotatable bonds is 5. The zero-order valence-corrected chi connectivity index (χ0v) is 15.2. The third-order valence-corrected chi connectivity index (χ3v) is 4.71. The predicted molar refractivity (Wildman–Crippen MR) is 97.3 cm³/mol. The van der Waals surface area contributed by atoms with Crippen LogP contribution < -0.4 is 10.2 Å². The fourth-order valence-electron chi connectivity index (χ4n) is 3.10. The lowest BCUT2D eigenvalue weighted by Crippen LogP contribution is -2.44. The molecule has 1 fully saturated rings. The number of carbonyl (C=O) groups is 1. The van der Waals surface area contributed by atoms with E-state index in [-0.39, 0.29) is 24.0 Å². The topological polar surface area (TPSA) is 65.5 Å². The number of aliphatic hydroxyl groups is 1. The molecule has 2 rings (SSSR count). The number of anilines is 1. The second-order valence-corrected chi connectivity index (χ2v) is 7.71. The second-order valence-electron chi connectivity index (χ2n) is 7.71. The van der Waals surface area contributed by atoms with Gasteiger partial charge in [-0.2, -0.15) is 0 Å². The number of carbonyl (C=O) groups excluding carboxylic acids is 1. The third kappa shape index (κ3) is 5.20. The molecule has 0 spiro atoms. The minimum atomic E-state index is -0.127. The Kier molecular flexibility index (Phi) is 6.60. The quantitative estimate of drug-likeness (QED) is 0.869. The lowest BCUT2D eigenvalue weighted by Gasteiger charge is -2.31. The van der Waals surface area contributed by atoms with Gasteiger partial charge in [-0.3, -0.25) is 4.79 Å². The number of aromatic nitrogens is 1. The number of nitrogens with zero attached hydrogens (tertiary/aromatic N) is 2. The smallest absolute Gasteiger partial charge is 0.253 e. The fraction of sp³-hybridized carbons (Fsp3) is 0.684. The number of hydrogen-bond donors (Lipinski definition) is 2. The summed E-state index contributed by atoms with van der Waals surface area (Å²) >= 11 is 0. The zero-order chi connectivity index (χ0) is 17.6. The maximum Gasteiger partial charge on any atom is 0.253 e. The summed E-state index contributed by atoms with van der Waals surface area (Å²) in [6.07, 6.45) is 7.20. The number of aliphatic hydroxyl groups excluding tert-OH is 1. The van der Waals surface area contributed by atoms with Crippen LogP contribution in [0.5, 0.6) is 0 Å². The summed E-state index contributed by atoms with van der Waals surface area (Å²) < 4.78 is 0. The van der Waals surface area contributed by atoms with Crippen molar-refractivity contribution in [1.29, 1.82) is 0 Å². The molecule has 0 radical (unpaired) electrons. The molecule has 2 N–H and O–H groups in total. The van der Waals surface area contributed by atoms with Gasteiger partial charge in [-0.1, -0.05) is 33.6 Å². The maximum atomic E-state index is 12.5. The van der Waals surface area contributed by atoms with Gasteiger partial charge in [-0.05, 0) is 36.8 Å². The molecule has 0 aromatic carbocycles. The van der Waals surface area contributed by atoms with E-state index in [2.05, 4.69) is 36.0 Å². The molecule has 0 bridgehead atoms. The van der Waals surface area contributed by atoms with Gasteiger partial charge in [0, 0.05) is 31.9 Å². The Balaban J connectivity index is 2.02. The van der Waals surface area contributed by atoms with Crippen molar-refractivity contribution in [2.45, 2.75) is 58.9 Å². The summed E-state index contributed by atoms with van der Waals surface area (Å²) in [4.78, 5) is 19.3. The van der Waals surface area contributed by atoms with E-state index in [1.54, 1.807) is 6.20 Å². The molecule has 2 heterocycles. The highest BCUT2D eigenvalue weighted by Crippen LogP contribution is 2.22. The Morgan fingerprint density at radius 2 is 1.92 bits per heavy atom. The van der Waals surface area contributed by atoms with Crippen molar-refractivity contribution in [2.75, 3.05) is 24.6 Å². The summed E-state index contributed by atoms with van der Waals surface area (Å²) in [5.41, 5.74) is 0.471. The third-order valence-electron chi connectivity index (χ3n) is 4.71. The number of amides is 1. The molecule has 1 aliphatic rings. The first-order valence-electron chi connectivity index (χ1n) is 9.04. The van der Waals surface area contributed by atoms with Gasteiger partial charge in [0.25, 0.3) is 5.91 Å². The highest BCUT2D eigenvalue weighted by molar-refractivity contribution is 5.94. The van der Waals surface area contributed by atoms with Gasteiger partial charge in [0.05, 0.1) is 5.56 Å². The van der Waals surface area contributed by atoms with Gasteiger partial charge in [0.2, 0.25) is 0 Å². The van der Waals surface area contributed by atoms with Crippen LogP contribution in [0.4, 0.5) is 5.82 Å². The van der Waals surface area contributed by atoms with Crippen molar-refractivity contribution in [1.82, 2.24) is 10.3 Å². The molecule has 134 valence electrons. The first-order chi connectivity index (χ1) is 11.4. The van der Waals surface area contributed by atoms with Crippen molar-refractivity contribution >= 4 is 11.7 Å². The molecule has 1 aromatic rings. The van der Waals surface area contributed by atoms with Crippen molar-refractivity contribution < 1.29 is 9.90 Å². The van der Waals surface area contributed by atoms with E-state index in [0.717, 1.165) is 18.9 Å². The standard InChI is InChI=1S/C19H31N3O2/c1-19(2,3)16(10-13-23)21-18(24)15-8-9-17(20-14-15)22-11-6-4-5-7-12-22/h8-9,14,16,23H,4-7,10-13H2,1-3H3,(H,21,24). The fourth-order valence-corrected chi connectivity index (χ4v) is 3.10. The van der Waals surface area contributed by atoms with E-state index < -0.39 is 0 Å². The molecule has 1 amide bonds. The lowest BCUT2D eigenvalue weighted by molar-refractivity contribution is 0.0885. The van der Waals surface area contributed by atoms with Crippen LogP contribution in [0.15, 0.2) is 18.3 Å². The normalized spacial score (nSPS) is 17.2. The molecule has 1 saturated heterocycles. The van der Waals surface area contributed by atoms with Crippen LogP contribution in [-0.4, -0.2) is 41.7 Å². The Hall–Kier alpha value is -1.62. The predicted octanol–water partition coefficient (Wildman–Crippen LogP) is 2.99. The van der Waals surface area contributed by atoms with Crippen LogP contribution in [0.3, 0.4) is 0 Å². The van der Waals surface area contributed by atoms with E-state index >= 15 is 0 Å². The van der Waals surface area contributed by atoms with E-state index in [9.17, 15) is 9.90 Å². The second kappa shape index (κ2) is 8.47. The minimum Gasteiger partial charge on any atom is -0.396 e. The molecule has 1 atom stereocenters. The highest BCUT2D eigenvalue weighted by Gasteiger charge is 2.26. The average molecular weight is 333 g/mol. The van der Waals surface area contributed by atoms with Gasteiger partial charge in [-0.15, -0.1) is 0 Å². The largest absolute Gasteiger partial charge is 0.396 e. The van der Waals surface area contributed by atoms with Gasteiger partial charge >= 0.3 is 0 Å². The average Bonchev–Trinajstić information content (AvgIpc) is 2.83.